The molecule has 5 aromatic rings. The topological polar surface area (TPSA) is 161 Å². The molecular weight excluding hydrogens is 572 g/mol. The number of hydrogen-bond acceptors (Lipinski definition) is 11. The van der Waals surface area contributed by atoms with E-state index in [9.17, 15) is 14.7 Å². The smallest absolute Gasteiger partial charge is 0.362 e. The van der Waals surface area contributed by atoms with E-state index in [2.05, 4.69) is 21.7 Å². The van der Waals surface area contributed by atoms with Crippen LogP contribution in [0.3, 0.4) is 0 Å². The summed E-state index contributed by atoms with van der Waals surface area (Å²) in [6.45, 7) is 1.55. The number of aromatic nitrogens is 2. The predicted molar refractivity (Wildman–Crippen MR) is 155 cm³/mol. The van der Waals surface area contributed by atoms with Crippen LogP contribution in [0.2, 0.25) is 0 Å². The van der Waals surface area contributed by atoms with Gasteiger partial charge in [-0.05, 0) is 54.4 Å². The first-order chi connectivity index (χ1) is 20.9. The fraction of sp³-hybridized carbons (Fsp3) is 0.129. The first-order valence-electron chi connectivity index (χ1n) is 12.9. The molecule has 3 aromatic carbocycles. The van der Waals surface area contributed by atoms with Crippen LogP contribution in [0.5, 0.6) is 11.5 Å². The standard InChI is InChI=1S/C31H24N4O7S/c1-19-29(43-18-22-5-3-2-4-6-22)28(35-41-19)31(38)39-17-25-26(27(30(36)37)34-42-25)33-16-21-9-13-24(14-10-21)40-23-11-7-20(15-32)8-12-23/h2-14,33H,16-18H2,1H3,(H,36,37). The van der Waals surface area contributed by atoms with Crippen LogP contribution in [-0.4, -0.2) is 27.4 Å². The number of nitrogens with one attached hydrogen (secondary N) is 1. The number of rotatable bonds is 12. The molecule has 0 aliphatic heterocycles. The van der Waals surface area contributed by atoms with Gasteiger partial charge >= 0.3 is 11.9 Å². The number of nitrogens with zero attached hydrogens (tertiary/aromatic N) is 3. The fourth-order valence-corrected chi connectivity index (χ4v) is 4.94. The van der Waals surface area contributed by atoms with E-state index < -0.39 is 11.9 Å². The molecule has 5 rings (SSSR count). The highest BCUT2D eigenvalue weighted by atomic mass is 32.2. The molecule has 0 aliphatic rings. The van der Waals surface area contributed by atoms with Crippen molar-refractivity contribution in [1.29, 1.82) is 5.26 Å². The number of aryl methyl sites for hydroxylation is 1. The van der Waals surface area contributed by atoms with Crippen LogP contribution in [0.4, 0.5) is 5.69 Å². The number of esters is 1. The van der Waals surface area contributed by atoms with Gasteiger partial charge < -0.3 is 28.9 Å². The van der Waals surface area contributed by atoms with Crippen LogP contribution in [-0.2, 0) is 23.6 Å². The normalized spacial score (nSPS) is 10.6. The van der Waals surface area contributed by atoms with Crippen molar-refractivity contribution >= 4 is 29.4 Å². The van der Waals surface area contributed by atoms with Gasteiger partial charge in [0.1, 0.15) is 22.9 Å². The van der Waals surface area contributed by atoms with Gasteiger partial charge in [-0.25, -0.2) is 9.59 Å². The second-order valence-electron chi connectivity index (χ2n) is 9.14. The van der Waals surface area contributed by atoms with Gasteiger partial charge in [0, 0.05) is 12.3 Å². The number of nitriles is 1. The van der Waals surface area contributed by atoms with Gasteiger partial charge in [0.05, 0.1) is 16.5 Å². The lowest BCUT2D eigenvalue weighted by molar-refractivity contribution is 0.0422. The van der Waals surface area contributed by atoms with Gasteiger partial charge in [-0.15, -0.1) is 11.8 Å². The summed E-state index contributed by atoms with van der Waals surface area (Å²) in [5.74, 6) is 0.237. The number of ether oxygens (including phenoxy) is 2. The summed E-state index contributed by atoms with van der Waals surface area (Å²) in [5.41, 5.74) is 2.18. The number of carboxylic acids is 1. The Morgan fingerprint density at radius 2 is 1.60 bits per heavy atom. The number of aromatic carboxylic acids is 1. The van der Waals surface area contributed by atoms with Crippen LogP contribution in [0.1, 0.15) is 49.2 Å². The van der Waals surface area contributed by atoms with Crippen LogP contribution in [0.15, 0.2) is 92.8 Å². The fourth-order valence-electron chi connectivity index (χ4n) is 3.94. The third-order valence-electron chi connectivity index (χ3n) is 6.14. The van der Waals surface area contributed by atoms with E-state index >= 15 is 0 Å². The number of carboxylic acid groups (broad SMARTS) is 1. The zero-order chi connectivity index (χ0) is 30.2. The van der Waals surface area contributed by atoms with E-state index in [1.54, 1.807) is 55.5 Å². The quantitative estimate of drug-likeness (QED) is 0.117. The van der Waals surface area contributed by atoms with Crippen LogP contribution >= 0.6 is 11.8 Å². The highest BCUT2D eigenvalue weighted by Crippen LogP contribution is 2.31. The van der Waals surface area contributed by atoms with E-state index in [1.165, 1.54) is 11.8 Å². The molecular formula is C31H24N4O7S. The summed E-state index contributed by atoms with van der Waals surface area (Å²) < 4.78 is 21.7. The second-order valence-corrected chi connectivity index (χ2v) is 10.1. The Morgan fingerprint density at radius 3 is 2.28 bits per heavy atom. The van der Waals surface area contributed by atoms with E-state index in [0.29, 0.717) is 33.5 Å². The van der Waals surface area contributed by atoms with Crippen molar-refractivity contribution in [3.63, 3.8) is 0 Å². The molecule has 0 spiro atoms. The van der Waals surface area contributed by atoms with E-state index in [4.69, 9.17) is 23.8 Å². The second kappa shape index (κ2) is 13.4. The minimum atomic E-state index is -1.30. The predicted octanol–water partition coefficient (Wildman–Crippen LogP) is 6.59. The van der Waals surface area contributed by atoms with Crippen molar-refractivity contribution < 1.29 is 33.2 Å². The van der Waals surface area contributed by atoms with Crippen molar-refractivity contribution in [3.8, 4) is 17.6 Å². The molecule has 12 heteroatoms. The van der Waals surface area contributed by atoms with Crippen LogP contribution < -0.4 is 10.1 Å². The molecule has 0 fully saturated rings. The third-order valence-corrected chi connectivity index (χ3v) is 7.39. The minimum absolute atomic E-state index is 0.0224. The number of thioether (sulfide) groups is 1. The number of benzene rings is 3. The van der Waals surface area contributed by atoms with Crippen molar-refractivity contribution in [2.45, 2.75) is 30.7 Å². The first kappa shape index (κ1) is 29.0. The van der Waals surface area contributed by atoms with Crippen molar-refractivity contribution in [1.82, 2.24) is 10.3 Å². The molecule has 2 heterocycles. The largest absolute Gasteiger partial charge is 0.476 e. The number of anilines is 1. The summed E-state index contributed by atoms with van der Waals surface area (Å²) >= 11 is 1.40. The average Bonchev–Trinajstić information content (AvgIpc) is 3.62. The van der Waals surface area contributed by atoms with Gasteiger partial charge in [-0.2, -0.15) is 5.26 Å². The Labute approximate surface area is 250 Å². The maximum Gasteiger partial charge on any atom is 0.362 e. The van der Waals surface area contributed by atoms with Gasteiger partial charge in [0.2, 0.25) is 11.4 Å². The van der Waals surface area contributed by atoms with Gasteiger partial charge in [0.15, 0.2) is 12.4 Å². The highest BCUT2D eigenvalue weighted by Gasteiger charge is 2.26. The maximum absolute atomic E-state index is 12.9. The summed E-state index contributed by atoms with van der Waals surface area (Å²) in [6, 6.07) is 25.7. The zero-order valence-electron chi connectivity index (χ0n) is 22.8. The monoisotopic (exact) mass is 596 g/mol. The molecule has 0 radical (unpaired) electrons. The molecule has 11 nitrogen and oxygen atoms in total. The molecule has 0 atom stereocenters. The Morgan fingerprint density at radius 1 is 0.930 bits per heavy atom. The van der Waals surface area contributed by atoms with Gasteiger partial charge in [0.25, 0.3) is 0 Å². The third kappa shape index (κ3) is 7.22. The SMILES string of the molecule is Cc1onc(C(=O)OCc2onc(C(=O)O)c2NCc2ccc(Oc3ccc(C#N)cc3)cc2)c1SCc1ccccc1. The number of hydrogen-bond donors (Lipinski definition) is 2. The Hall–Kier alpha value is -5.54. The summed E-state index contributed by atoms with van der Waals surface area (Å²) in [4.78, 5) is 25.2. The molecule has 2 N–H and O–H groups in total. The molecule has 216 valence electrons. The first-order valence-corrected chi connectivity index (χ1v) is 13.9. The maximum atomic E-state index is 12.9. The molecule has 0 aliphatic carbocycles. The number of carbonyl (C=O) groups excluding carboxylic acids is 1. The molecule has 43 heavy (non-hydrogen) atoms. The Bertz CT molecular complexity index is 1760. The molecule has 0 saturated carbocycles. The summed E-state index contributed by atoms with van der Waals surface area (Å²) in [6.07, 6.45) is 0. The zero-order valence-corrected chi connectivity index (χ0v) is 23.6. The van der Waals surface area contributed by atoms with Gasteiger partial charge in [-0.3, -0.25) is 0 Å². The molecule has 0 amide bonds. The lowest BCUT2D eigenvalue weighted by Gasteiger charge is -2.09. The van der Waals surface area contributed by atoms with Gasteiger partial charge in [-0.1, -0.05) is 52.8 Å². The van der Waals surface area contributed by atoms with Crippen molar-refractivity contribution in [2.24, 2.45) is 0 Å². The summed E-state index contributed by atoms with van der Waals surface area (Å²) in [5, 5.41) is 29.0. The minimum Gasteiger partial charge on any atom is -0.476 e. The van der Waals surface area contributed by atoms with Crippen molar-refractivity contribution in [2.75, 3.05) is 5.32 Å². The molecule has 0 unspecified atom stereocenters. The summed E-state index contributed by atoms with van der Waals surface area (Å²) in [7, 11) is 0. The lowest BCUT2D eigenvalue weighted by atomic mass is 10.2. The average molecular weight is 597 g/mol. The van der Waals surface area contributed by atoms with Crippen LogP contribution in [0, 0.1) is 18.3 Å². The van der Waals surface area contributed by atoms with Crippen LogP contribution in [0.25, 0.3) is 0 Å². The van der Waals surface area contributed by atoms with Crippen molar-refractivity contribution in [3.05, 3.63) is 118 Å². The van der Waals surface area contributed by atoms with E-state index in [1.807, 2.05) is 30.3 Å². The molecule has 0 bridgehead atoms. The number of carbonyl (C=O) groups is 2. The highest BCUT2D eigenvalue weighted by molar-refractivity contribution is 7.98. The Kier molecular flexibility index (Phi) is 9.04. The molecule has 2 aromatic heterocycles. The van der Waals surface area contributed by atoms with E-state index in [0.717, 1.165) is 11.1 Å². The molecule has 0 saturated heterocycles. The van der Waals surface area contributed by atoms with E-state index in [-0.39, 0.29) is 36.0 Å². The lowest BCUT2D eigenvalue weighted by Crippen LogP contribution is -2.10. The Balaban J connectivity index is 1.21.